The van der Waals surface area contributed by atoms with Crippen LogP contribution in [0.15, 0.2) is 66.4 Å². The van der Waals surface area contributed by atoms with E-state index >= 15 is 0 Å². The molecule has 1 amide bonds. The largest absolute Gasteiger partial charge is 0.463 e. The number of nitrogens with one attached hydrogen (secondary N) is 1. The summed E-state index contributed by atoms with van der Waals surface area (Å²) < 4.78 is 4.80. The second-order valence-corrected chi connectivity index (χ2v) is 4.98. The van der Waals surface area contributed by atoms with Crippen molar-refractivity contribution < 1.29 is 14.3 Å². The van der Waals surface area contributed by atoms with E-state index in [1.165, 1.54) is 6.08 Å². The highest BCUT2D eigenvalue weighted by molar-refractivity contribution is 5.96. The van der Waals surface area contributed by atoms with Crippen molar-refractivity contribution >= 4 is 11.9 Å². The number of benzene rings is 2. The summed E-state index contributed by atoms with van der Waals surface area (Å²) >= 11 is 0. The van der Waals surface area contributed by atoms with E-state index in [9.17, 15) is 9.59 Å². The van der Waals surface area contributed by atoms with E-state index in [-0.39, 0.29) is 5.91 Å². The fraction of sp³-hybridized carbons (Fsp3) is 0.158. The Hall–Kier alpha value is -2.88. The first-order chi connectivity index (χ1) is 11.1. The summed E-state index contributed by atoms with van der Waals surface area (Å²) in [6, 6.07) is 17.2. The molecular formula is C19H19NO3. The first-order valence-electron chi connectivity index (χ1n) is 7.42. The van der Waals surface area contributed by atoms with E-state index in [1.807, 2.05) is 42.5 Å². The third kappa shape index (κ3) is 4.81. The van der Waals surface area contributed by atoms with Crippen LogP contribution in [0.5, 0.6) is 0 Å². The second kappa shape index (κ2) is 7.94. The van der Waals surface area contributed by atoms with Gasteiger partial charge < -0.3 is 10.1 Å². The molecule has 0 unspecified atom stereocenters. The fourth-order valence-electron chi connectivity index (χ4n) is 2.09. The summed E-state index contributed by atoms with van der Waals surface area (Å²) in [5.41, 5.74) is 3.11. The first-order valence-corrected chi connectivity index (χ1v) is 7.42. The van der Waals surface area contributed by atoms with Gasteiger partial charge in [-0.15, -0.1) is 0 Å². The molecule has 2 aromatic carbocycles. The van der Waals surface area contributed by atoms with E-state index < -0.39 is 5.97 Å². The van der Waals surface area contributed by atoms with Crippen LogP contribution in [0.2, 0.25) is 0 Å². The number of amides is 1. The van der Waals surface area contributed by atoms with E-state index in [2.05, 4.69) is 5.32 Å². The molecule has 2 rings (SSSR count). The minimum Gasteiger partial charge on any atom is -0.463 e. The standard InChI is InChI=1S/C19H19NO3/c1-3-23-18(21)13-14(2)20-19(22)17-11-9-16(10-12-17)15-7-5-4-6-8-15/h4-13H,3H2,1-2H3,(H,20,22). The van der Waals surface area contributed by atoms with Gasteiger partial charge >= 0.3 is 5.97 Å². The van der Waals surface area contributed by atoms with Crippen LogP contribution in [0, 0.1) is 0 Å². The number of rotatable bonds is 5. The maximum atomic E-state index is 12.1. The Morgan fingerprint density at radius 3 is 2.22 bits per heavy atom. The van der Waals surface area contributed by atoms with E-state index in [4.69, 9.17) is 4.74 Å². The summed E-state index contributed by atoms with van der Waals surface area (Å²) in [7, 11) is 0. The van der Waals surface area contributed by atoms with Gasteiger partial charge in [0.2, 0.25) is 0 Å². The molecule has 0 radical (unpaired) electrons. The fourth-order valence-corrected chi connectivity index (χ4v) is 2.09. The molecule has 0 heterocycles. The zero-order valence-electron chi connectivity index (χ0n) is 13.2. The molecule has 0 atom stereocenters. The van der Waals surface area contributed by atoms with Gasteiger partial charge in [-0.3, -0.25) is 4.79 Å². The zero-order valence-corrected chi connectivity index (χ0v) is 13.2. The van der Waals surface area contributed by atoms with Gasteiger partial charge in [-0.25, -0.2) is 4.79 Å². The van der Waals surface area contributed by atoms with Crippen LogP contribution < -0.4 is 5.32 Å². The van der Waals surface area contributed by atoms with Crippen LogP contribution in [0.3, 0.4) is 0 Å². The summed E-state index contributed by atoms with van der Waals surface area (Å²) in [6.07, 6.45) is 1.26. The van der Waals surface area contributed by atoms with Crippen molar-refractivity contribution in [3.8, 4) is 11.1 Å². The molecule has 0 fully saturated rings. The minimum atomic E-state index is -0.468. The van der Waals surface area contributed by atoms with Crippen LogP contribution in [0.25, 0.3) is 11.1 Å². The Kier molecular flexibility index (Phi) is 5.69. The van der Waals surface area contributed by atoms with E-state index in [1.54, 1.807) is 26.0 Å². The molecule has 0 aliphatic carbocycles. The number of carbonyl (C=O) groups excluding carboxylic acids is 2. The Labute approximate surface area is 135 Å². The third-order valence-corrected chi connectivity index (χ3v) is 3.19. The van der Waals surface area contributed by atoms with Crippen molar-refractivity contribution in [2.24, 2.45) is 0 Å². The van der Waals surface area contributed by atoms with Gasteiger partial charge in [-0.2, -0.15) is 0 Å². The lowest BCUT2D eigenvalue weighted by atomic mass is 10.0. The van der Waals surface area contributed by atoms with Gasteiger partial charge in [0.25, 0.3) is 5.91 Å². The number of ether oxygens (including phenoxy) is 1. The number of esters is 1. The lowest BCUT2D eigenvalue weighted by molar-refractivity contribution is -0.137. The van der Waals surface area contributed by atoms with Gasteiger partial charge in [-0.05, 0) is 37.1 Å². The van der Waals surface area contributed by atoms with Crippen molar-refractivity contribution in [2.45, 2.75) is 13.8 Å². The average molecular weight is 309 g/mol. The van der Waals surface area contributed by atoms with E-state index in [0.29, 0.717) is 17.9 Å². The van der Waals surface area contributed by atoms with Crippen LogP contribution >= 0.6 is 0 Å². The maximum Gasteiger partial charge on any atom is 0.332 e. The third-order valence-electron chi connectivity index (χ3n) is 3.19. The second-order valence-electron chi connectivity index (χ2n) is 4.98. The Morgan fingerprint density at radius 2 is 1.61 bits per heavy atom. The lowest BCUT2D eigenvalue weighted by Crippen LogP contribution is -2.22. The molecule has 0 bridgehead atoms. The molecule has 2 aromatic rings. The Morgan fingerprint density at radius 1 is 1.00 bits per heavy atom. The van der Waals surface area contributed by atoms with Crippen molar-refractivity contribution in [3.05, 3.63) is 71.9 Å². The molecule has 23 heavy (non-hydrogen) atoms. The Balaban J connectivity index is 2.05. The van der Waals surface area contributed by atoms with Gasteiger partial charge in [-0.1, -0.05) is 42.5 Å². The minimum absolute atomic E-state index is 0.261. The quantitative estimate of drug-likeness (QED) is 0.679. The van der Waals surface area contributed by atoms with Gasteiger partial charge in [0.1, 0.15) is 0 Å². The number of hydrogen-bond donors (Lipinski definition) is 1. The van der Waals surface area contributed by atoms with Gasteiger partial charge in [0.15, 0.2) is 0 Å². The van der Waals surface area contributed by atoms with Crippen molar-refractivity contribution in [3.63, 3.8) is 0 Å². The molecule has 0 aromatic heterocycles. The first kappa shape index (κ1) is 16.5. The summed E-state index contributed by atoms with van der Waals surface area (Å²) in [5.74, 6) is -0.729. The van der Waals surface area contributed by atoms with Crippen LogP contribution in [-0.2, 0) is 9.53 Å². The molecule has 1 N–H and O–H groups in total. The van der Waals surface area contributed by atoms with Crippen molar-refractivity contribution in [1.29, 1.82) is 0 Å². The molecule has 0 aliphatic heterocycles. The summed E-state index contributed by atoms with van der Waals surface area (Å²) in [5, 5.41) is 2.67. The van der Waals surface area contributed by atoms with Crippen molar-refractivity contribution in [1.82, 2.24) is 5.32 Å². The smallest absolute Gasteiger partial charge is 0.332 e. The van der Waals surface area contributed by atoms with Crippen molar-refractivity contribution in [2.75, 3.05) is 6.61 Å². The predicted molar refractivity (Wildman–Crippen MR) is 89.7 cm³/mol. The SMILES string of the molecule is CCOC(=O)C=C(C)NC(=O)c1ccc(-c2ccccc2)cc1. The topological polar surface area (TPSA) is 55.4 Å². The lowest BCUT2D eigenvalue weighted by Gasteiger charge is -2.07. The normalized spacial score (nSPS) is 11.0. The molecule has 4 nitrogen and oxygen atoms in total. The highest BCUT2D eigenvalue weighted by atomic mass is 16.5. The monoisotopic (exact) mass is 309 g/mol. The summed E-state index contributed by atoms with van der Waals surface area (Å²) in [4.78, 5) is 23.5. The van der Waals surface area contributed by atoms with Crippen LogP contribution in [0.4, 0.5) is 0 Å². The molecule has 0 spiro atoms. The molecule has 4 heteroatoms. The maximum absolute atomic E-state index is 12.1. The number of carbonyl (C=O) groups is 2. The molecular weight excluding hydrogens is 290 g/mol. The van der Waals surface area contributed by atoms with Gasteiger partial charge in [0, 0.05) is 17.3 Å². The highest BCUT2D eigenvalue weighted by Gasteiger charge is 2.07. The van der Waals surface area contributed by atoms with E-state index in [0.717, 1.165) is 11.1 Å². The summed E-state index contributed by atoms with van der Waals surface area (Å²) in [6.45, 7) is 3.68. The molecule has 118 valence electrons. The highest BCUT2D eigenvalue weighted by Crippen LogP contribution is 2.19. The van der Waals surface area contributed by atoms with Gasteiger partial charge in [0.05, 0.1) is 6.61 Å². The number of hydrogen-bond acceptors (Lipinski definition) is 3. The number of allylic oxidation sites excluding steroid dienone is 1. The molecule has 0 saturated heterocycles. The Bertz CT molecular complexity index is 703. The zero-order chi connectivity index (χ0) is 16.7. The van der Waals surface area contributed by atoms with Crippen LogP contribution in [-0.4, -0.2) is 18.5 Å². The molecule has 0 saturated carbocycles. The van der Waals surface area contributed by atoms with Crippen LogP contribution in [0.1, 0.15) is 24.2 Å². The molecule has 0 aliphatic rings. The average Bonchev–Trinajstić information content (AvgIpc) is 2.56. The predicted octanol–water partition coefficient (Wildman–Crippen LogP) is 3.55.